The second-order valence-corrected chi connectivity index (χ2v) is 8.63. The van der Waals surface area contributed by atoms with Crippen molar-refractivity contribution in [3.8, 4) is 0 Å². The number of carboxylic acids is 1. The number of nitrogens with two attached hydrogens (primary N) is 1. The number of ether oxygens (including phenoxy) is 1. The van der Waals surface area contributed by atoms with Gasteiger partial charge in [0.2, 0.25) is 5.60 Å². The van der Waals surface area contributed by atoms with Gasteiger partial charge in [-0.15, -0.1) is 11.3 Å². The number of carbonyl (C=O) groups is 4. The molecule has 0 saturated carbocycles. The number of methoxy groups -OCH3 is 1. The third-order valence-corrected chi connectivity index (χ3v) is 5.47. The monoisotopic (exact) mass is 479 g/mol. The fourth-order valence-electron chi connectivity index (χ4n) is 2.22. The number of carboxylic acid groups (broad SMARTS) is 1. The van der Waals surface area contributed by atoms with Crippen molar-refractivity contribution in [1.29, 1.82) is 0 Å². The van der Waals surface area contributed by atoms with E-state index in [1.165, 1.54) is 5.38 Å². The van der Waals surface area contributed by atoms with Gasteiger partial charge in [-0.05, 0) is 13.8 Å². The van der Waals surface area contributed by atoms with Gasteiger partial charge in [0.05, 0.1) is 7.11 Å². The summed E-state index contributed by atoms with van der Waals surface area (Å²) in [7, 11) is -4.21. The Hall–Kier alpha value is -3.31. The quantitative estimate of drug-likeness (QED) is 0.104. The molecule has 1 saturated heterocycles. The Kier molecular flexibility index (Phi) is 6.52. The SMILES string of the molecule is COC(=O)[C@@H]1[C@H](NC(=O)C(=NOC(C)(C)C(=O)O)c2csc(N)n2)C(=O)N1S(=O)(=O)O. The molecule has 2 heterocycles. The first-order chi connectivity index (χ1) is 14.2. The highest BCUT2D eigenvalue weighted by Gasteiger charge is 2.58. The third kappa shape index (κ3) is 4.89. The van der Waals surface area contributed by atoms with Crippen molar-refractivity contribution in [2.75, 3.05) is 12.8 Å². The molecule has 5 N–H and O–H groups in total. The Morgan fingerprint density at radius 2 is 2.00 bits per heavy atom. The molecule has 2 rings (SSSR count). The molecule has 1 aromatic heterocycles. The van der Waals surface area contributed by atoms with Crippen molar-refractivity contribution in [2.45, 2.75) is 31.5 Å². The number of aliphatic carboxylic acids is 1. The highest BCUT2D eigenvalue weighted by molar-refractivity contribution is 7.84. The molecule has 0 aromatic carbocycles. The number of aromatic nitrogens is 1. The molecule has 15 nitrogen and oxygen atoms in total. The number of carbonyl (C=O) groups excluding carboxylic acids is 3. The number of nitrogens with zero attached hydrogens (tertiary/aromatic N) is 3. The summed E-state index contributed by atoms with van der Waals surface area (Å²) >= 11 is 0.914. The Bertz CT molecular complexity index is 1060. The molecule has 2 amide bonds. The average Bonchev–Trinajstić information content (AvgIpc) is 3.07. The van der Waals surface area contributed by atoms with Gasteiger partial charge in [0.25, 0.3) is 11.8 Å². The lowest BCUT2D eigenvalue weighted by Gasteiger charge is -2.41. The number of oxime groups is 1. The minimum Gasteiger partial charge on any atom is -0.478 e. The van der Waals surface area contributed by atoms with Crippen LogP contribution in [0.25, 0.3) is 0 Å². The van der Waals surface area contributed by atoms with Crippen LogP contribution in [0, 0.1) is 0 Å². The van der Waals surface area contributed by atoms with E-state index in [-0.39, 0.29) is 15.1 Å². The van der Waals surface area contributed by atoms with E-state index in [0.29, 0.717) is 0 Å². The van der Waals surface area contributed by atoms with Crippen LogP contribution >= 0.6 is 11.3 Å². The first kappa shape index (κ1) is 24.0. The Morgan fingerprint density at radius 3 is 2.45 bits per heavy atom. The van der Waals surface area contributed by atoms with E-state index in [1.54, 1.807) is 0 Å². The highest BCUT2D eigenvalue weighted by atomic mass is 32.2. The number of amides is 2. The molecule has 0 aliphatic carbocycles. The maximum absolute atomic E-state index is 12.7. The van der Waals surface area contributed by atoms with Gasteiger partial charge in [0.1, 0.15) is 11.7 Å². The Labute approximate surface area is 178 Å². The van der Waals surface area contributed by atoms with Crippen molar-refractivity contribution in [3.05, 3.63) is 11.1 Å². The van der Waals surface area contributed by atoms with E-state index in [4.69, 9.17) is 20.2 Å². The second kappa shape index (κ2) is 8.44. The van der Waals surface area contributed by atoms with E-state index in [9.17, 15) is 27.6 Å². The molecule has 0 spiro atoms. The number of nitrogen functional groups attached to an aromatic ring is 1. The zero-order valence-corrected chi connectivity index (χ0v) is 17.8. The van der Waals surface area contributed by atoms with Crippen LogP contribution in [-0.4, -0.2) is 81.6 Å². The molecule has 0 bridgehead atoms. The number of thiazole rings is 1. The van der Waals surface area contributed by atoms with Crippen LogP contribution in [0.4, 0.5) is 5.13 Å². The molecular weight excluding hydrogens is 462 g/mol. The van der Waals surface area contributed by atoms with E-state index in [0.717, 1.165) is 32.3 Å². The van der Waals surface area contributed by atoms with Crippen LogP contribution in [0.1, 0.15) is 19.5 Å². The van der Waals surface area contributed by atoms with Gasteiger partial charge in [-0.25, -0.2) is 14.6 Å². The molecule has 170 valence electrons. The van der Waals surface area contributed by atoms with E-state index in [1.807, 2.05) is 0 Å². The summed E-state index contributed by atoms with van der Waals surface area (Å²) in [6.07, 6.45) is 0. The predicted octanol–water partition coefficient (Wildman–Crippen LogP) is -2.02. The number of hydrogen-bond acceptors (Lipinski definition) is 12. The summed E-state index contributed by atoms with van der Waals surface area (Å²) in [5.41, 5.74) is 2.92. The van der Waals surface area contributed by atoms with Gasteiger partial charge in [0, 0.05) is 5.38 Å². The smallest absolute Gasteiger partial charge is 0.363 e. The fraction of sp³-hybridized carbons (Fsp3) is 0.429. The fourth-order valence-corrected chi connectivity index (χ4v) is 3.61. The average molecular weight is 479 g/mol. The first-order valence-electron chi connectivity index (χ1n) is 8.11. The summed E-state index contributed by atoms with van der Waals surface area (Å²) in [6, 6.07) is -3.62. The molecule has 1 fully saturated rings. The minimum atomic E-state index is -5.11. The standard InChI is InChI=1S/C14H17N5O10S2/c1-14(2,12(23)24)29-18-6(5-4-30-13(15)16-5)9(20)17-7-8(11(22)28-3)19(10(7)21)31(25,26)27/h4,7-8H,1-3H3,(H2,15,16)(H,17,20)(H,23,24)(H,25,26,27)/t7-,8-/m0/s1. The second-order valence-electron chi connectivity index (χ2n) is 6.45. The Balaban J connectivity index is 2.36. The van der Waals surface area contributed by atoms with E-state index in [2.05, 4.69) is 20.2 Å². The van der Waals surface area contributed by atoms with Gasteiger partial charge < -0.3 is 25.7 Å². The van der Waals surface area contributed by atoms with Crippen molar-refractivity contribution in [1.82, 2.24) is 14.6 Å². The van der Waals surface area contributed by atoms with Crippen molar-refractivity contribution in [2.24, 2.45) is 5.16 Å². The summed E-state index contributed by atoms with van der Waals surface area (Å²) in [6.45, 7) is 2.30. The number of esters is 1. The van der Waals surface area contributed by atoms with Gasteiger partial charge in [0.15, 0.2) is 16.9 Å². The van der Waals surface area contributed by atoms with Gasteiger partial charge in [-0.2, -0.15) is 12.7 Å². The van der Waals surface area contributed by atoms with Crippen LogP contribution in [-0.2, 0) is 39.1 Å². The van der Waals surface area contributed by atoms with Crippen LogP contribution in [0.5, 0.6) is 0 Å². The maximum atomic E-state index is 12.7. The molecule has 17 heteroatoms. The molecule has 1 aliphatic heterocycles. The third-order valence-electron chi connectivity index (χ3n) is 3.89. The molecule has 2 atom stereocenters. The van der Waals surface area contributed by atoms with E-state index < -0.39 is 57.5 Å². The molecular formula is C14H17N5O10S2. The topological polar surface area (TPSA) is 228 Å². The summed E-state index contributed by atoms with van der Waals surface area (Å²) in [5.74, 6) is -5.14. The predicted molar refractivity (Wildman–Crippen MR) is 102 cm³/mol. The minimum absolute atomic E-state index is 0.0256. The summed E-state index contributed by atoms with van der Waals surface area (Å²) in [5, 5.41) is 16.0. The van der Waals surface area contributed by atoms with Crippen molar-refractivity contribution >= 4 is 56.2 Å². The van der Waals surface area contributed by atoms with Gasteiger partial charge >= 0.3 is 22.2 Å². The lowest BCUT2D eigenvalue weighted by molar-refractivity contribution is -0.162. The van der Waals surface area contributed by atoms with Crippen LogP contribution in [0.3, 0.4) is 0 Å². The zero-order chi connectivity index (χ0) is 23.7. The van der Waals surface area contributed by atoms with Crippen molar-refractivity contribution in [3.63, 3.8) is 0 Å². The largest absolute Gasteiger partial charge is 0.478 e. The normalized spacial score (nSPS) is 19.4. The van der Waals surface area contributed by atoms with Crippen LogP contribution in [0.2, 0.25) is 0 Å². The molecule has 31 heavy (non-hydrogen) atoms. The lowest BCUT2D eigenvalue weighted by Crippen LogP contribution is -2.74. The van der Waals surface area contributed by atoms with Crippen LogP contribution < -0.4 is 11.1 Å². The lowest BCUT2D eigenvalue weighted by atomic mass is 9.98. The van der Waals surface area contributed by atoms with Crippen LogP contribution in [0.15, 0.2) is 10.5 Å². The number of anilines is 1. The molecule has 0 unspecified atom stereocenters. The van der Waals surface area contributed by atoms with Crippen molar-refractivity contribution < 1.29 is 46.8 Å². The first-order valence-corrected chi connectivity index (χ1v) is 10.4. The molecule has 1 aromatic rings. The number of β-lactam (4-membered cyclic amide) rings is 1. The molecule has 0 radical (unpaired) electrons. The molecule has 1 aliphatic rings. The Morgan fingerprint density at radius 1 is 1.39 bits per heavy atom. The van der Waals surface area contributed by atoms with E-state index >= 15 is 0 Å². The number of rotatable bonds is 8. The summed E-state index contributed by atoms with van der Waals surface area (Å²) < 4.78 is 36.0. The number of hydrogen-bond donors (Lipinski definition) is 4. The zero-order valence-electron chi connectivity index (χ0n) is 16.1. The van der Waals surface area contributed by atoms with Gasteiger partial charge in [-0.3, -0.25) is 14.1 Å². The number of nitrogens with one attached hydrogen (secondary N) is 1. The summed E-state index contributed by atoms with van der Waals surface area (Å²) in [4.78, 5) is 56.6. The highest BCUT2D eigenvalue weighted by Crippen LogP contribution is 2.25. The maximum Gasteiger partial charge on any atom is 0.363 e. The van der Waals surface area contributed by atoms with Gasteiger partial charge in [-0.1, -0.05) is 5.16 Å².